The summed E-state index contributed by atoms with van der Waals surface area (Å²) in [6.45, 7) is 0.160. The summed E-state index contributed by atoms with van der Waals surface area (Å²) in [4.78, 5) is 12.4. The van der Waals surface area contributed by atoms with Crippen LogP contribution in [-0.4, -0.2) is 33.0 Å². The number of alkyl halides is 3. The van der Waals surface area contributed by atoms with E-state index in [4.69, 9.17) is 0 Å². The molecule has 2 aromatic carbocycles. The number of halogens is 3. The van der Waals surface area contributed by atoms with Gasteiger partial charge in [-0.15, -0.1) is 13.2 Å². The van der Waals surface area contributed by atoms with Crippen molar-refractivity contribution < 1.29 is 31.1 Å². The summed E-state index contributed by atoms with van der Waals surface area (Å²) in [5.74, 6) is -0.883. The monoisotopic (exact) mass is 414 g/mol. The minimum absolute atomic E-state index is 0.0550. The molecule has 0 saturated carbocycles. The molecule has 0 unspecified atom stereocenters. The van der Waals surface area contributed by atoms with E-state index >= 15 is 0 Å². The van der Waals surface area contributed by atoms with Crippen molar-refractivity contribution in [2.45, 2.75) is 19.3 Å². The molecule has 6 nitrogen and oxygen atoms in total. The SMILES string of the molecule is O=C(NCc1ccccc1OC(F)(F)F)c1cccc(N2CCCS2(=O)=O)c1. The van der Waals surface area contributed by atoms with Gasteiger partial charge in [0.2, 0.25) is 10.0 Å². The van der Waals surface area contributed by atoms with Gasteiger partial charge in [0.1, 0.15) is 5.75 Å². The summed E-state index contributed by atoms with van der Waals surface area (Å²) < 4.78 is 66.7. The van der Waals surface area contributed by atoms with E-state index < -0.39 is 28.0 Å². The van der Waals surface area contributed by atoms with E-state index in [1.54, 1.807) is 12.1 Å². The molecular weight excluding hydrogens is 397 g/mol. The zero-order valence-electron chi connectivity index (χ0n) is 14.6. The Morgan fingerprint density at radius 2 is 1.89 bits per heavy atom. The lowest BCUT2D eigenvalue weighted by Crippen LogP contribution is -2.27. The Bertz CT molecular complexity index is 977. The van der Waals surface area contributed by atoms with Crippen LogP contribution in [0.4, 0.5) is 18.9 Å². The van der Waals surface area contributed by atoms with Crippen LogP contribution in [0.1, 0.15) is 22.3 Å². The van der Waals surface area contributed by atoms with Crippen LogP contribution in [0.5, 0.6) is 5.75 Å². The fraction of sp³-hybridized carbons (Fsp3) is 0.278. The Morgan fingerprint density at radius 3 is 2.57 bits per heavy atom. The number of nitrogens with zero attached hydrogens (tertiary/aromatic N) is 1. The predicted octanol–water partition coefficient (Wildman–Crippen LogP) is 3.06. The van der Waals surface area contributed by atoms with Gasteiger partial charge in [-0.25, -0.2) is 8.42 Å². The maximum absolute atomic E-state index is 12.5. The third kappa shape index (κ3) is 4.75. The summed E-state index contributed by atoms with van der Waals surface area (Å²) >= 11 is 0. The van der Waals surface area contributed by atoms with Gasteiger partial charge in [-0.1, -0.05) is 24.3 Å². The van der Waals surface area contributed by atoms with Crippen molar-refractivity contribution in [1.29, 1.82) is 0 Å². The minimum atomic E-state index is -4.84. The molecule has 150 valence electrons. The second kappa shape index (κ2) is 7.70. The van der Waals surface area contributed by atoms with E-state index in [0.29, 0.717) is 18.7 Å². The second-order valence-electron chi connectivity index (χ2n) is 6.13. The number of carbonyl (C=O) groups is 1. The molecule has 1 heterocycles. The zero-order chi connectivity index (χ0) is 20.4. The molecule has 0 aromatic heterocycles. The highest BCUT2D eigenvalue weighted by molar-refractivity contribution is 7.93. The van der Waals surface area contributed by atoms with E-state index in [9.17, 15) is 26.4 Å². The van der Waals surface area contributed by atoms with Crippen molar-refractivity contribution in [2.75, 3.05) is 16.6 Å². The number of ether oxygens (including phenoxy) is 1. The van der Waals surface area contributed by atoms with Crippen LogP contribution in [0.3, 0.4) is 0 Å². The first-order valence-corrected chi connectivity index (χ1v) is 9.99. The quantitative estimate of drug-likeness (QED) is 0.816. The fourth-order valence-corrected chi connectivity index (χ4v) is 4.44. The molecule has 1 aliphatic heterocycles. The van der Waals surface area contributed by atoms with E-state index in [1.807, 2.05) is 0 Å². The Hall–Kier alpha value is -2.75. The Morgan fingerprint density at radius 1 is 1.14 bits per heavy atom. The topological polar surface area (TPSA) is 75.7 Å². The van der Waals surface area contributed by atoms with Crippen molar-refractivity contribution in [3.63, 3.8) is 0 Å². The summed E-state index contributed by atoms with van der Waals surface area (Å²) in [5, 5.41) is 2.53. The molecule has 1 saturated heterocycles. The lowest BCUT2D eigenvalue weighted by molar-refractivity contribution is -0.274. The molecule has 1 aliphatic rings. The fourth-order valence-electron chi connectivity index (χ4n) is 2.88. The first kappa shape index (κ1) is 20.0. The first-order chi connectivity index (χ1) is 13.2. The smallest absolute Gasteiger partial charge is 0.405 e. The second-order valence-corrected chi connectivity index (χ2v) is 8.14. The average Bonchev–Trinajstić information content (AvgIpc) is 2.98. The van der Waals surface area contributed by atoms with Crippen molar-refractivity contribution >= 4 is 21.6 Å². The van der Waals surface area contributed by atoms with Crippen LogP contribution in [-0.2, 0) is 16.6 Å². The highest BCUT2D eigenvalue weighted by Gasteiger charge is 2.32. The predicted molar refractivity (Wildman–Crippen MR) is 96.5 cm³/mol. The van der Waals surface area contributed by atoms with Gasteiger partial charge in [-0.2, -0.15) is 0 Å². The van der Waals surface area contributed by atoms with Gasteiger partial charge in [0.05, 0.1) is 11.4 Å². The third-order valence-corrected chi connectivity index (χ3v) is 6.00. The zero-order valence-corrected chi connectivity index (χ0v) is 15.4. The number of hydrogen-bond donors (Lipinski definition) is 1. The van der Waals surface area contributed by atoms with E-state index in [-0.39, 0.29) is 23.4 Å². The maximum atomic E-state index is 12.5. The lowest BCUT2D eigenvalue weighted by Gasteiger charge is -2.17. The van der Waals surface area contributed by atoms with Crippen LogP contribution in [0.15, 0.2) is 48.5 Å². The molecule has 2 aromatic rings. The minimum Gasteiger partial charge on any atom is -0.405 e. The normalized spacial score (nSPS) is 16.0. The van der Waals surface area contributed by atoms with Gasteiger partial charge in [0.25, 0.3) is 5.91 Å². The molecule has 0 radical (unpaired) electrons. The number of benzene rings is 2. The Kier molecular flexibility index (Phi) is 5.50. The van der Waals surface area contributed by atoms with Crippen LogP contribution >= 0.6 is 0 Å². The average molecular weight is 414 g/mol. The van der Waals surface area contributed by atoms with Crippen molar-refractivity contribution in [2.24, 2.45) is 0 Å². The summed E-state index contributed by atoms with van der Waals surface area (Å²) in [6.07, 6.45) is -4.33. The number of carbonyl (C=O) groups excluding carboxylic acids is 1. The van der Waals surface area contributed by atoms with Crippen LogP contribution in [0, 0.1) is 0 Å². The number of amides is 1. The maximum Gasteiger partial charge on any atom is 0.573 e. The lowest BCUT2D eigenvalue weighted by atomic mass is 10.1. The molecule has 1 amide bonds. The molecule has 1 N–H and O–H groups in total. The first-order valence-electron chi connectivity index (χ1n) is 8.38. The van der Waals surface area contributed by atoms with Gasteiger partial charge in [-0.05, 0) is 30.7 Å². The number of hydrogen-bond acceptors (Lipinski definition) is 4. The Balaban J connectivity index is 1.72. The standard InChI is InChI=1S/C18H17F3N2O4S/c19-18(20,21)27-16-8-2-1-5-14(16)12-22-17(24)13-6-3-7-15(11-13)23-9-4-10-28(23,25)26/h1-3,5-8,11H,4,9-10,12H2,(H,22,24). The number of sulfonamides is 1. The molecule has 1 fully saturated rings. The largest absolute Gasteiger partial charge is 0.573 e. The number of anilines is 1. The van der Waals surface area contributed by atoms with Gasteiger partial charge >= 0.3 is 6.36 Å². The van der Waals surface area contributed by atoms with Crippen LogP contribution in [0.2, 0.25) is 0 Å². The van der Waals surface area contributed by atoms with Crippen LogP contribution in [0.25, 0.3) is 0 Å². The van der Waals surface area contributed by atoms with E-state index in [2.05, 4.69) is 10.1 Å². The van der Waals surface area contributed by atoms with E-state index in [0.717, 1.165) is 6.07 Å². The highest BCUT2D eigenvalue weighted by atomic mass is 32.2. The molecule has 0 atom stereocenters. The van der Waals surface area contributed by atoms with Crippen LogP contribution < -0.4 is 14.4 Å². The highest BCUT2D eigenvalue weighted by Crippen LogP contribution is 2.27. The summed E-state index contributed by atoms with van der Waals surface area (Å²) in [7, 11) is -3.38. The third-order valence-electron chi connectivity index (χ3n) is 4.13. The number of para-hydroxylation sites is 1. The van der Waals surface area contributed by atoms with Gasteiger partial charge in [0, 0.05) is 24.2 Å². The van der Waals surface area contributed by atoms with E-state index in [1.165, 1.54) is 34.6 Å². The molecule has 3 rings (SSSR count). The summed E-state index contributed by atoms with van der Waals surface area (Å²) in [6, 6.07) is 11.6. The molecule has 0 spiro atoms. The molecular formula is C18H17F3N2O4S. The molecule has 0 aliphatic carbocycles. The van der Waals surface area contributed by atoms with Crippen molar-refractivity contribution in [3.8, 4) is 5.75 Å². The molecule has 28 heavy (non-hydrogen) atoms. The number of rotatable bonds is 5. The van der Waals surface area contributed by atoms with Gasteiger partial charge < -0.3 is 10.1 Å². The molecule has 10 heteroatoms. The molecule has 0 bridgehead atoms. The number of nitrogens with one attached hydrogen (secondary N) is 1. The van der Waals surface area contributed by atoms with Gasteiger partial charge in [0.15, 0.2) is 0 Å². The van der Waals surface area contributed by atoms with Gasteiger partial charge in [-0.3, -0.25) is 9.10 Å². The van der Waals surface area contributed by atoms with Crippen molar-refractivity contribution in [1.82, 2.24) is 5.32 Å². The summed E-state index contributed by atoms with van der Waals surface area (Å²) in [5.41, 5.74) is 0.742. The van der Waals surface area contributed by atoms with Crippen molar-refractivity contribution in [3.05, 3.63) is 59.7 Å². The Labute approximate surface area is 160 Å².